The zero-order chi connectivity index (χ0) is 14.2. The van der Waals surface area contributed by atoms with Crippen molar-refractivity contribution >= 4 is 5.69 Å². The van der Waals surface area contributed by atoms with Crippen LogP contribution in [0.2, 0.25) is 0 Å². The van der Waals surface area contributed by atoms with Gasteiger partial charge in [0.1, 0.15) is 0 Å². The van der Waals surface area contributed by atoms with Crippen molar-refractivity contribution in [1.29, 1.82) is 0 Å². The lowest BCUT2D eigenvalue weighted by Gasteiger charge is -2.17. The van der Waals surface area contributed by atoms with Gasteiger partial charge >= 0.3 is 0 Å². The molecule has 3 nitrogen and oxygen atoms in total. The molecule has 1 unspecified atom stereocenters. The van der Waals surface area contributed by atoms with E-state index in [2.05, 4.69) is 12.1 Å². The van der Waals surface area contributed by atoms with Crippen LogP contribution in [0.25, 0.3) is 0 Å². The molecule has 5 atom stereocenters. The van der Waals surface area contributed by atoms with Crippen LogP contribution in [-0.2, 0) is 5.41 Å². The maximum atomic E-state index is 10.8. The van der Waals surface area contributed by atoms with Gasteiger partial charge in [0.05, 0.1) is 4.92 Å². The van der Waals surface area contributed by atoms with Gasteiger partial charge in [0.15, 0.2) is 0 Å². The topological polar surface area (TPSA) is 43.1 Å². The molecule has 4 saturated carbocycles. The molecule has 4 aliphatic carbocycles. The minimum Gasteiger partial charge on any atom is -0.258 e. The number of rotatable bonds is 2. The van der Waals surface area contributed by atoms with Crippen molar-refractivity contribution in [3.63, 3.8) is 0 Å². The highest BCUT2D eigenvalue weighted by Gasteiger charge is 2.83. The summed E-state index contributed by atoms with van der Waals surface area (Å²) in [5, 5.41) is 10.8. The van der Waals surface area contributed by atoms with E-state index in [4.69, 9.17) is 0 Å². The first-order chi connectivity index (χ1) is 10.2. The summed E-state index contributed by atoms with van der Waals surface area (Å²) in [6, 6.07) is 7.52. The average molecular weight is 283 g/mol. The second-order valence-electron chi connectivity index (χ2n) is 7.87. The van der Waals surface area contributed by atoms with E-state index in [0.717, 1.165) is 17.8 Å². The molecule has 1 aromatic rings. The van der Waals surface area contributed by atoms with Gasteiger partial charge in [-0.3, -0.25) is 10.1 Å². The Labute approximate surface area is 124 Å². The maximum Gasteiger partial charge on any atom is 0.269 e. The fraction of sp³-hybridized carbons (Fsp3) is 0.667. The van der Waals surface area contributed by atoms with Crippen LogP contribution in [0.5, 0.6) is 0 Å². The highest BCUT2D eigenvalue weighted by Crippen LogP contribution is 2.88. The van der Waals surface area contributed by atoms with Gasteiger partial charge in [0, 0.05) is 17.5 Å². The van der Waals surface area contributed by atoms with Crippen LogP contribution in [0, 0.1) is 33.3 Å². The van der Waals surface area contributed by atoms with Gasteiger partial charge < -0.3 is 0 Å². The Balaban J connectivity index is 1.49. The number of hydrogen-bond acceptors (Lipinski definition) is 2. The summed E-state index contributed by atoms with van der Waals surface area (Å²) in [5.41, 5.74) is 2.72. The second kappa shape index (κ2) is 3.68. The van der Waals surface area contributed by atoms with E-state index in [1.807, 2.05) is 0 Å². The van der Waals surface area contributed by atoms with Crippen LogP contribution in [0.4, 0.5) is 5.69 Å². The first kappa shape index (κ1) is 12.2. The molecule has 4 aliphatic rings. The fourth-order valence-electron chi connectivity index (χ4n) is 6.49. The molecule has 0 bridgehead atoms. The van der Waals surface area contributed by atoms with Crippen molar-refractivity contribution < 1.29 is 4.92 Å². The second-order valence-corrected chi connectivity index (χ2v) is 7.87. The van der Waals surface area contributed by atoms with E-state index in [0.29, 0.717) is 10.8 Å². The summed E-state index contributed by atoms with van der Waals surface area (Å²) in [5.74, 6) is 2.74. The number of benzene rings is 1. The number of hydrogen-bond donors (Lipinski definition) is 0. The van der Waals surface area contributed by atoms with Gasteiger partial charge in [-0.1, -0.05) is 31.4 Å². The molecule has 1 spiro atoms. The van der Waals surface area contributed by atoms with E-state index in [1.165, 1.54) is 50.5 Å². The summed E-state index contributed by atoms with van der Waals surface area (Å²) in [6.07, 6.45) is 9.95. The van der Waals surface area contributed by atoms with Crippen LogP contribution in [0.15, 0.2) is 24.3 Å². The number of non-ortho nitro benzene ring substituents is 1. The van der Waals surface area contributed by atoms with E-state index in [9.17, 15) is 10.1 Å². The summed E-state index contributed by atoms with van der Waals surface area (Å²) in [7, 11) is 0. The Kier molecular flexibility index (Phi) is 2.14. The van der Waals surface area contributed by atoms with Crippen molar-refractivity contribution in [1.82, 2.24) is 0 Å². The number of nitrogens with zero attached hydrogens (tertiary/aromatic N) is 1. The van der Waals surface area contributed by atoms with E-state index in [1.54, 1.807) is 12.1 Å². The van der Waals surface area contributed by atoms with Gasteiger partial charge in [-0.05, 0) is 54.4 Å². The molecular weight excluding hydrogens is 262 g/mol. The number of nitro benzene ring substituents is 1. The zero-order valence-corrected chi connectivity index (χ0v) is 12.3. The molecular formula is C18H21NO2. The maximum absolute atomic E-state index is 10.8. The van der Waals surface area contributed by atoms with Gasteiger partial charge in [-0.2, -0.15) is 0 Å². The Morgan fingerprint density at radius 1 is 1.10 bits per heavy atom. The molecule has 3 heteroatoms. The first-order valence-electron chi connectivity index (χ1n) is 8.43. The smallest absolute Gasteiger partial charge is 0.258 e. The Hall–Kier alpha value is -1.38. The highest BCUT2D eigenvalue weighted by molar-refractivity contribution is 5.48. The van der Waals surface area contributed by atoms with Gasteiger partial charge in [0.2, 0.25) is 0 Å². The molecule has 4 fully saturated rings. The fourth-order valence-corrected chi connectivity index (χ4v) is 6.49. The Morgan fingerprint density at radius 3 is 2.67 bits per heavy atom. The lowest BCUT2D eigenvalue weighted by atomic mass is 9.87. The first-order valence-corrected chi connectivity index (χ1v) is 8.43. The Bertz CT molecular complexity index is 625. The van der Waals surface area contributed by atoms with Crippen LogP contribution >= 0.6 is 0 Å². The summed E-state index contributed by atoms with van der Waals surface area (Å²) < 4.78 is 0. The minimum absolute atomic E-state index is 0.227. The van der Waals surface area contributed by atoms with E-state index in [-0.39, 0.29) is 10.6 Å². The quantitative estimate of drug-likeness (QED) is 0.594. The van der Waals surface area contributed by atoms with Gasteiger partial charge in [-0.15, -0.1) is 0 Å². The molecule has 5 rings (SSSR count). The zero-order valence-electron chi connectivity index (χ0n) is 12.3. The monoisotopic (exact) mass is 283 g/mol. The molecule has 1 aromatic carbocycles. The summed E-state index contributed by atoms with van der Waals surface area (Å²) >= 11 is 0. The lowest BCUT2D eigenvalue weighted by Crippen LogP contribution is -2.13. The molecule has 110 valence electrons. The summed E-state index contributed by atoms with van der Waals surface area (Å²) in [4.78, 5) is 10.6. The summed E-state index contributed by atoms with van der Waals surface area (Å²) in [6.45, 7) is 0. The highest BCUT2D eigenvalue weighted by atomic mass is 16.6. The Morgan fingerprint density at radius 2 is 1.90 bits per heavy atom. The van der Waals surface area contributed by atoms with Crippen molar-refractivity contribution in [2.75, 3.05) is 0 Å². The van der Waals surface area contributed by atoms with Crippen molar-refractivity contribution in [2.24, 2.45) is 23.2 Å². The third-order valence-electron chi connectivity index (χ3n) is 7.26. The van der Waals surface area contributed by atoms with Crippen LogP contribution in [0.1, 0.15) is 50.5 Å². The molecule has 0 N–H and O–H groups in total. The molecule has 0 amide bonds. The number of fused-ring (bicyclic) bond motifs is 3. The largest absolute Gasteiger partial charge is 0.269 e. The predicted octanol–water partition coefficient (Wildman–Crippen LogP) is 4.45. The van der Waals surface area contributed by atoms with Crippen LogP contribution < -0.4 is 0 Å². The van der Waals surface area contributed by atoms with Gasteiger partial charge in [0.25, 0.3) is 5.69 Å². The molecule has 0 aromatic heterocycles. The average Bonchev–Trinajstić information content (AvgIpc) is 3.33. The third-order valence-corrected chi connectivity index (χ3v) is 7.26. The molecule has 0 radical (unpaired) electrons. The molecule has 21 heavy (non-hydrogen) atoms. The standard InChI is InChI=1S/C18H21NO2/c20-19(21)14-7-5-12(6-8-14)18-11-13(18)10-17-9-3-1-2-4-15(17)16(17)18/h5-8,13,15-16H,1-4,9-11H2/t13-,15-,16+,17?,18-/m0/s1. The number of nitro groups is 1. The third kappa shape index (κ3) is 1.35. The molecule has 0 heterocycles. The lowest BCUT2D eigenvalue weighted by molar-refractivity contribution is -0.384. The molecule has 0 saturated heterocycles. The van der Waals surface area contributed by atoms with E-state index < -0.39 is 0 Å². The van der Waals surface area contributed by atoms with Crippen molar-refractivity contribution in [2.45, 2.75) is 50.4 Å². The normalized spacial score (nSPS) is 46.0. The SMILES string of the molecule is O=[N+]([O-])c1ccc([C@@]23C[C@@H]2CC24CCCCC[C@H]2[C@H]43)cc1. The van der Waals surface area contributed by atoms with Crippen molar-refractivity contribution in [3.05, 3.63) is 39.9 Å². The van der Waals surface area contributed by atoms with E-state index >= 15 is 0 Å². The van der Waals surface area contributed by atoms with Crippen molar-refractivity contribution in [3.8, 4) is 0 Å². The van der Waals surface area contributed by atoms with Crippen LogP contribution in [-0.4, -0.2) is 4.92 Å². The predicted molar refractivity (Wildman–Crippen MR) is 80.0 cm³/mol. The molecule has 0 aliphatic heterocycles. The minimum atomic E-state index is -0.289. The van der Waals surface area contributed by atoms with Crippen LogP contribution in [0.3, 0.4) is 0 Å². The van der Waals surface area contributed by atoms with Gasteiger partial charge in [-0.25, -0.2) is 0 Å².